The highest BCUT2D eigenvalue weighted by atomic mass is 32.2. The van der Waals surface area contributed by atoms with Crippen LogP contribution in [-0.4, -0.2) is 49.1 Å². The van der Waals surface area contributed by atoms with E-state index >= 15 is 0 Å². The van der Waals surface area contributed by atoms with Crippen molar-refractivity contribution in [3.05, 3.63) is 16.3 Å². The zero-order chi connectivity index (χ0) is 15.7. The number of carbonyl (C=O) groups excluding carboxylic acids is 1. The highest BCUT2D eigenvalue weighted by molar-refractivity contribution is 7.92. The molecular formula is C10H11F2NO5S2. The van der Waals surface area contributed by atoms with E-state index in [-0.39, 0.29) is 0 Å². The molecule has 0 spiro atoms. The summed E-state index contributed by atoms with van der Waals surface area (Å²) in [4.78, 5) is 22.3. The molecule has 0 bridgehead atoms. The highest BCUT2D eigenvalue weighted by Crippen LogP contribution is 2.28. The molecule has 0 saturated carbocycles. The Hall–Kier alpha value is -1.55. The smallest absolute Gasteiger partial charge is 0.341 e. The first kappa shape index (κ1) is 16.5. The minimum atomic E-state index is -4.91. The van der Waals surface area contributed by atoms with Gasteiger partial charge in [0.05, 0.1) is 4.90 Å². The fraction of sp³-hybridized carbons (Fsp3) is 0.400. The molecule has 6 nitrogen and oxygen atoms in total. The van der Waals surface area contributed by atoms with Crippen molar-refractivity contribution in [2.24, 2.45) is 0 Å². The molecule has 1 rings (SSSR count). The number of rotatable bonds is 5. The molecule has 1 N–H and O–H groups in total. The molecule has 0 aromatic carbocycles. The minimum Gasteiger partial charge on any atom is -0.480 e. The van der Waals surface area contributed by atoms with Gasteiger partial charge in [0.15, 0.2) is 0 Å². The number of amides is 1. The molecule has 0 fully saturated rings. The molecule has 1 atom stereocenters. The van der Waals surface area contributed by atoms with Gasteiger partial charge >= 0.3 is 11.7 Å². The second-order valence-corrected chi connectivity index (χ2v) is 6.65. The number of hydrogen-bond donors (Lipinski definition) is 1. The second-order valence-electron chi connectivity index (χ2n) is 3.85. The van der Waals surface area contributed by atoms with Crippen molar-refractivity contribution in [2.45, 2.75) is 23.6 Å². The molecule has 10 heteroatoms. The summed E-state index contributed by atoms with van der Waals surface area (Å²) in [6.07, 6.45) is 0. The van der Waals surface area contributed by atoms with Crippen LogP contribution >= 0.6 is 11.3 Å². The van der Waals surface area contributed by atoms with E-state index in [2.05, 4.69) is 0 Å². The predicted molar refractivity (Wildman–Crippen MR) is 66.7 cm³/mol. The molecule has 1 aromatic heterocycles. The highest BCUT2D eigenvalue weighted by Gasteiger charge is 2.34. The van der Waals surface area contributed by atoms with Gasteiger partial charge in [-0.15, -0.1) is 11.3 Å². The predicted octanol–water partition coefficient (Wildman–Crippen LogP) is 1.29. The van der Waals surface area contributed by atoms with Gasteiger partial charge in [-0.05, 0) is 18.4 Å². The zero-order valence-electron chi connectivity index (χ0n) is 10.4. The molecule has 20 heavy (non-hydrogen) atoms. The number of likely N-dealkylation sites (N-methyl/N-ethyl adjacent to an activating group) is 1. The minimum absolute atomic E-state index is 0.430. The molecule has 1 aromatic rings. The van der Waals surface area contributed by atoms with E-state index in [4.69, 9.17) is 5.11 Å². The van der Waals surface area contributed by atoms with E-state index in [1.165, 1.54) is 12.3 Å². The Balaban J connectivity index is 3.21. The topological polar surface area (TPSA) is 91.8 Å². The molecule has 112 valence electrons. The summed E-state index contributed by atoms with van der Waals surface area (Å²) in [5, 5.41) is 9.97. The van der Waals surface area contributed by atoms with E-state index in [0.717, 1.165) is 18.0 Å². The van der Waals surface area contributed by atoms with Crippen LogP contribution in [0.1, 0.15) is 16.6 Å². The Kier molecular flexibility index (Phi) is 4.81. The molecule has 1 heterocycles. The Labute approximate surface area is 117 Å². The van der Waals surface area contributed by atoms with Crippen LogP contribution in [0.5, 0.6) is 0 Å². The Morgan fingerprint density at radius 3 is 2.40 bits per heavy atom. The van der Waals surface area contributed by atoms with Crippen LogP contribution in [0.2, 0.25) is 0 Å². The van der Waals surface area contributed by atoms with Crippen molar-refractivity contribution in [3.8, 4) is 0 Å². The lowest BCUT2D eigenvalue weighted by molar-refractivity contribution is -0.141. The number of alkyl halides is 2. The van der Waals surface area contributed by atoms with Crippen LogP contribution in [-0.2, 0) is 14.6 Å². The van der Waals surface area contributed by atoms with E-state index in [9.17, 15) is 26.8 Å². The van der Waals surface area contributed by atoms with Crippen LogP contribution < -0.4 is 0 Å². The number of carbonyl (C=O) groups is 2. The van der Waals surface area contributed by atoms with Crippen molar-refractivity contribution in [1.82, 2.24) is 4.90 Å². The molecule has 0 aliphatic rings. The number of carboxylic acid groups (broad SMARTS) is 1. The third kappa shape index (κ3) is 2.96. The Bertz CT molecular complexity index is 625. The number of aliphatic carboxylic acids is 1. The summed E-state index contributed by atoms with van der Waals surface area (Å²) in [7, 11) is -3.75. The van der Waals surface area contributed by atoms with Crippen molar-refractivity contribution >= 4 is 33.1 Å². The molecule has 1 unspecified atom stereocenters. The quantitative estimate of drug-likeness (QED) is 0.880. The first-order chi connectivity index (χ1) is 9.10. The van der Waals surface area contributed by atoms with Crippen LogP contribution in [0.15, 0.2) is 16.3 Å². The third-order valence-electron chi connectivity index (χ3n) is 2.62. The standard InChI is InChI=1S/C10H11F2NO5S2/c1-5(9(15)16)13(2)8(14)7-6(3-4-19-7)20(17,18)10(11)12/h3-5,10H,1-2H3,(H,15,16). The second kappa shape index (κ2) is 5.83. The van der Waals surface area contributed by atoms with Crippen LogP contribution in [0.3, 0.4) is 0 Å². The van der Waals surface area contributed by atoms with Gasteiger partial charge in [-0.25, -0.2) is 13.2 Å². The Morgan fingerprint density at radius 2 is 1.95 bits per heavy atom. The maximum Gasteiger partial charge on any atom is 0.341 e. The van der Waals surface area contributed by atoms with E-state index in [1.807, 2.05) is 0 Å². The number of carboxylic acids is 1. The number of sulfone groups is 1. The van der Waals surface area contributed by atoms with E-state index < -0.39 is 43.3 Å². The number of hydrogen-bond acceptors (Lipinski definition) is 5. The molecule has 0 aliphatic carbocycles. The average Bonchev–Trinajstić information content (AvgIpc) is 2.85. The van der Waals surface area contributed by atoms with Gasteiger partial charge in [-0.2, -0.15) is 8.78 Å². The maximum atomic E-state index is 12.5. The summed E-state index contributed by atoms with van der Waals surface area (Å²) >= 11 is 0.663. The summed E-state index contributed by atoms with van der Waals surface area (Å²) in [5.74, 6) is -5.88. The molecule has 0 aliphatic heterocycles. The van der Waals surface area contributed by atoms with Crippen LogP contribution in [0.4, 0.5) is 8.78 Å². The number of nitrogens with zero attached hydrogens (tertiary/aromatic N) is 1. The van der Waals surface area contributed by atoms with Gasteiger partial charge in [0, 0.05) is 7.05 Å². The van der Waals surface area contributed by atoms with Gasteiger partial charge in [0.2, 0.25) is 9.84 Å². The lowest BCUT2D eigenvalue weighted by Gasteiger charge is -2.21. The first-order valence-electron chi connectivity index (χ1n) is 5.20. The molecular weight excluding hydrogens is 316 g/mol. The average molecular weight is 327 g/mol. The van der Waals surface area contributed by atoms with Crippen LogP contribution in [0, 0.1) is 0 Å². The monoisotopic (exact) mass is 327 g/mol. The SMILES string of the molecule is CC(C(=O)O)N(C)C(=O)c1sccc1S(=O)(=O)C(F)F. The largest absolute Gasteiger partial charge is 0.480 e. The summed E-state index contributed by atoms with van der Waals surface area (Å²) in [6, 6.07) is -0.315. The van der Waals surface area contributed by atoms with Gasteiger partial charge in [-0.1, -0.05) is 0 Å². The van der Waals surface area contributed by atoms with Gasteiger partial charge in [-0.3, -0.25) is 4.79 Å². The van der Waals surface area contributed by atoms with Crippen molar-refractivity contribution in [1.29, 1.82) is 0 Å². The van der Waals surface area contributed by atoms with Gasteiger partial charge in [0.25, 0.3) is 5.91 Å². The summed E-state index contributed by atoms with van der Waals surface area (Å²) in [5.41, 5.74) is 0. The summed E-state index contributed by atoms with van der Waals surface area (Å²) in [6.45, 7) is 1.22. The third-order valence-corrected chi connectivity index (χ3v) is 5.08. The fourth-order valence-electron chi connectivity index (χ4n) is 1.28. The Morgan fingerprint density at radius 1 is 1.40 bits per heavy atom. The fourth-order valence-corrected chi connectivity index (χ4v) is 3.42. The first-order valence-corrected chi connectivity index (χ1v) is 7.62. The zero-order valence-corrected chi connectivity index (χ0v) is 12.0. The van der Waals surface area contributed by atoms with Crippen molar-refractivity contribution in [2.75, 3.05) is 7.05 Å². The maximum absolute atomic E-state index is 12.5. The van der Waals surface area contributed by atoms with E-state index in [1.54, 1.807) is 0 Å². The van der Waals surface area contributed by atoms with E-state index in [0.29, 0.717) is 11.3 Å². The number of halogens is 2. The van der Waals surface area contributed by atoms with Crippen LogP contribution in [0.25, 0.3) is 0 Å². The van der Waals surface area contributed by atoms with Crippen molar-refractivity contribution < 1.29 is 31.9 Å². The van der Waals surface area contributed by atoms with Crippen molar-refractivity contribution in [3.63, 3.8) is 0 Å². The lowest BCUT2D eigenvalue weighted by Crippen LogP contribution is -2.40. The molecule has 0 saturated heterocycles. The number of thiophene rings is 1. The van der Waals surface area contributed by atoms with Gasteiger partial charge < -0.3 is 10.0 Å². The normalized spacial score (nSPS) is 13.2. The molecule has 1 amide bonds. The molecule has 0 radical (unpaired) electrons. The lowest BCUT2D eigenvalue weighted by atomic mass is 10.3. The summed E-state index contributed by atoms with van der Waals surface area (Å²) < 4.78 is 47.8. The van der Waals surface area contributed by atoms with Gasteiger partial charge in [0.1, 0.15) is 10.9 Å².